The predicted molar refractivity (Wildman–Crippen MR) is 112 cm³/mol. The van der Waals surface area contributed by atoms with Crippen molar-refractivity contribution in [2.45, 2.75) is 12.5 Å². The highest BCUT2D eigenvalue weighted by Gasteiger charge is 2.32. The van der Waals surface area contributed by atoms with Crippen molar-refractivity contribution in [3.8, 4) is 22.8 Å². The summed E-state index contributed by atoms with van der Waals surface area (Å²) in [6.45, 7) is 0.305. The zero-order valence-corrected chi connectivity index (χ0v) is 16.2. The first kappa shape index (κ1) is 17.6. The third-order valence-electron chi connectivity index (χ3n) is 4.94. The van der Waals surface area contributed by atoms with Crippen molar-refractivity contribution in [1.82, 2.24) is 15.3 Å². The molecule has 0 atom stereocenters. The highest BCUT2D eigenvalue weighted by atomic mass is 32.1. The van der Waals surface area contributed by atoms with Gasteiger partial charge in [0.05, 0.1) is 23.9 Å². The van der Waals surface area contributed by atoms with Gasteiger partial charge in [-0.2, -0.15) is 11.3 Å². The molecule has 1 aliphatic rings. The standard InChI is InChI=1S/C23H17N3O2S/c27-23(26-13-18-22(25-11-10-24-18)15-9-12-29-14-15)21-16-5-1-3-7-19(16)28-20-8-4-2-6-17(20)21/h1-12,14,21H,13H2,(H,26,27). The van der Waals surface area contributed by atoms with Crippen LogP contribution in [0, 0.1) is 0 Å². The summed E-state index contributed by atoms with van der Waals surface area (Å²) in [7, 11) is 0. The lowest BCUT2D eigenvalue weighted by Crippen LogP contribution is -2.31. The molecule has 2 aromatic heterocycles. The van der Waals surface area contributed by atoms with Crippen LogP contribution in [-0.2, 0) is 11.3 Å². The summed E-state index contributed by atoms with van der Waals surface area (Å²) in [5.74, 6) is 0.905. The van der Waals surface area contributed by atoms with E-state index in [0.717, 1.165) is 28.1 Å². The number of para-hydroxylation sites is 2. The average Bonchev–Trinajstić information content (AvgIpc) is 3.31. The number of carbonyl (C=O) groups excluding carboxylic acids is 1. The molecule has 0 radical (unpaired) electrons. The Kier molecular flexibility index (Phi) is 4.54. The van der Waals surface area contributed by atoms with Crippen molar-refractivity contribution in [3.63, 3.8) is 0 Å². The van der Waals surface area contributed by atoms with E-state index in [2.05, 4.69) is 15.3 Å². The Bertz CT molecular complexity index is 1130. The molecule has 5 rings (SSSR count). The number of aromatic nitrogens is 2. The predicted octanol–water partition coefficient (Wildman–Crippen LogP) is 4.76. The van der Waals surface area contributed by atoms with Crippen LogP contribution in [0.2, 0.25) is 0 Å². The average molecular weight is 399 g/mol. The summed E-state index contributed by atoms with van der Waals surface area (Å²) in [4.78, 5) is 22.2. The molecule has 0 saturated carbocycles. The van der Waals surface area contributed by atoms with Gasteiger partial charge in [0.1, 0.15) is 11.5 Å². The molecule has 1 amide bonds. The van der Waals surface area contributed by atoms with Crippen LogP contribution in [0.1, 0.15) is 22.7 Å². The van der Waals surface area contributed by atoms with Gasteiger partial charge in [-0.05, 0) is 23.6 Å². The van der Waals surface area contributed by atoms with Gasteiger partial charge in [0.2, 0.25) is 5.91 Å². The number of benzene rings is 2. The molecule has 29 heavy (non-hydrogen) atoms. The van der Waals surface area contributed by atoms with E-state index < -0.39 is 5.92 Å². The number of hydrogen-bond acceptors (Lipinski definition) is 5. The molecular formula is C23H17N3O2S. The number of thiophene rings is 1. The summed E-state index contributed by atoms with van der Waals surface area (Å²) in [6.07, 6.45) is 3.32. The van der Waals surface area contributed by atoms with Crippen LogP contribution in [0.4, 0.5) is 0 Å². The Hall–Kier alpha value is -3.51. The van der Waals surface area contributed by atoms with E-state index in [-0.39, 0.29) is 5.91 Å². The first-order valence-corrected chi connectivity index (χ1v) is 10.2. The molecule has 0 bridgehead atoms. The Morgan fingerprint density at radius 1 is 0.966 bits per heavy atom. The molecule has 0 unspecified atom stereocenters. The van der Waals surface area contributed by atoms with E-state index in [1.807, 2.05) is 65.4 Å². The molecule has 1 aliphatic heterocycles. The van der Waals surface area contributed by atoms with E-state index >= 15 is 0 Å². The fraction of sp³-hybridized carbons (Fsp3) is 0.0870. The Morgan fingerprint density at radius 2 is 1.66 bits per heavy atom. The Labute approximate surface area is 172 Å². The van der Waals surface area contributed by atoms with E-state index in [1.165, 1.54) is 0 Å². The van der Waals surface area contributed by atoms with Crippen LogP contribution >= 0.6 is 11.3 Å². The Balaban J connectivity index is 1.44. The van der Waals surface area contributed by atoms with Crippen molar-refractivity contribution >= 4 is 17.2 Å². The largest absolute Gasteiger partial charge is 0.457 e. The number of amides is 1. The smallest absolute Gasteiger partial charge is 0.232 e. The molecule has 4 aromatic rings. The van der Waals surface area contributed by atoms with Crippen molar-refractivity contribution < 1.29 is 9.53 Å². The molecule has 2 aromatic carbocycles. The zero-order valence-electron chi connectivity index (χ0n) is 15.4. The summed E-state index contributed by atoms with van der Waals surface area (Å²) in [5.41, 5.74) is 4.27. The second kappa shape index (κ2) is 7.48. The fourth-order valence-electron chi connectivity index (χ4n) is 3.60. The molecule has 1 N–H and O–H groups in total. The lowest BCUT2D eigenvalue weighted by Gasteiger charge is -2.27. The highest BCUT2D eigenvalue weighted by Crippen LogP contribution is 2.43. The van der Waals surface area contributed by atoms with Gasteiger partial charge < -0.3 is 10.1 Å². The molecule has 6 heteroatoms. The van der Waals surface area contributed by atoms with Crippen molar-refractivity contribution in [3.05, 3.63) is 94.6 Å². The quantitative estimate of drug-likeness (QED) is 0.537. The number of nitrogens with one attached hydrogen (secondary N) is 1. The topological polar surface area (TPSA) is 64.1 Å². The SMILES string of the molecule is O=C(NCc1nccnc1-c1ccsc1)C1c2ccccc2Oc2ccccc21. The third-order valence-corrected chi connectivity index (χ3v) is 5.62. The van der Waals surface area contributed by atoms with Gasteiger partial charge in [-0.3, -0.25) is 14.8 Å². The summed E-state index contributed by atoms with van der Waals surface area (Å²) >= 11 is 1.61. The van der Waals surface area contributed by atoms with Crippen LogP contribution in [0.25, 0.3) is 11.3 Å². The lowest BCUT2D eigenvalue weighted by molar-refractivity contribution is -0.122. The normalized spacial score (nSPS) is 12.6. The van der Waals surface area contributed by atoms with Crippen LogP contribution in [0.15, 0.2) is 77.8 Å². The Morgan fingerprint density at radius 3 is 2.34 bits per heavy atom. The van der Waals surface area contributed by atoms with Gasteiger partial charge in [-0.15, -0.1) is 0 Å². The monoisotopic (exact) mass is 399 g/mol. The van der Waals surface area contributed by atoms with Crippen molar-refractivity contribution in [1.29, 1.82) is 0 Å². The number of fused-ring (bicyclic) bond motifs is 2. The molecule has 5 nitrogen and oxygen atoms in total. The molecule has 0 aliphatic carbocycles. The van der Waals surface area contributed by atoms with E-state index in [1.54, 1.807) is 23.7 Å². The highest BCUT2D eigenvalue weighted by molar-refractivity contribution is 7.08. The number of hydrogen-bond donors (Lipinski definition) is 1. The molecule has 3 heterocycles. The third kappa shape index (κ3) is 3.28. The van der Waals surface area contributed by atoms with Gasteiger partial charge >= 0.3 is 0 Å². The summed E-state index contributed by atoms with van der Waals surface area (Å²) in [5, 5.41) is 7.09. The van der Waals surface area contributed by atoms with Gasteiger partial charge in [-0.1, -0.05) is 36.4 Å². The molecule has 0 fully saturated rings. The van der Waals surface area contributed by atoms with Gasteiger partial charge in [-0.25, -0.2) is 0 Å². The van der Waals surface area contributed by atoms with Gasteiger partial charge in [0, 0.05) is 34.5 Å². The lowest BCUT2D eigenvalue weighted by atomic mass is 9.87. The maximum Gasteiger partial charge on any atom is 0.232 e. The summed E-state index contributed by atoms with van der Waals surface area (Å²) in [6, 6.07) is 17.3. The summed E-state index contributed by atoms with van der Waals surface area (Å²) < 4.78 is 5.99. The number of carbonyl (C=O) groups is 1. The fourth-order valence-corrected chi connectivity index (χ4v) is 4.24. The minimum atomic E-state index is -0.433. The first-order valence-electron chi connectivity index (χ1n) is 9.27. The second-order valence-electron chi connectivity index (χ2n) is 6.69. The van der Waals surface area contributed by atoms with Gasteiger partial charge in [0.25, 0.3) is 0 Å². The molecule has 0 spiro atoms. The van der Waals surface area contributed by atoms with E-state index in [9.17, 15) is 4.79 Å². The maximum atomic E-state index is 13.3. The molecule has 0 saturated heterocycles. The van der Waals surface area contributed by atoms with Crippen LogP contribution in [0.5, 0.6) is 11.5 Å². The first-order chi connectivity index (χ1) is 14.3. The van der Waals surface area contributed by atoms with Crippen LogP contribution in [-0.4, -0.2) is 15.9 Å². The minimum absolute atomic E-state index is 0.0879. The minimum Gasteiger partial charge on any atom is -0.457 e. The number of rotatable bonds is 4. The maximum absolute atomic E-state index is 13.3. The second-order valence-corrected chi connectivity index (χ2v) is 7.47. The van der Waals surface area contributed by atoms with E-state index in [0.29, 0.717) is 18.0 Å². The van der Waals surface area contributed by atoms with Crippen LogP contribution in [0.3, 0.4) is 0 Å². The zero-order chi connectivity index (χ0) is 19.6. The number of nitrogens with zero attached hydrogens (tertiary/aromatic N) is 2. The van der Waals surface area contributed by atoms with Gasteiger partial charge in [0.15, 0.2) is 0 Å². The van der Waals surface area contributed by atoms with E-state index in [4.69, 9.17) is 4.74 Å². The molecule has 142 valence electrons. The van der Waals surface area contributed by atoms with Crippen molar-refractivity contribution in [2.75, 3.05) is 0 Å². The number of ether oxygens (including phenoxy) is 1. The molecular weight excluding hydrogens is 382 g/mol. The van der Waals surface area contributed by atoms with Crippen LogP contribution < -0.4 is 10.1 Å². The van der Waals surface area contributed by atoms with Crippen molar-refractivity contribution in [2.24, 2.45) is 0 Å².